The molecule has 0 unspecified atom stereocenters. The number of benzene rings is 3. The maximum atomic E-state index is 16.5. The maximum absolute atomic E-state index is 16.5. The number of amides is 3. The van der Waals surface area contributed by atoms with Crippen LogP contribution in [-0.2, 0) is 44.2 Å². The fourth-order valence-corrected chi connectivity index (χ4v) is 11.2. The molecule has 1 spiro atoms. The van der Waals surface area contributed by atoms with Gasteiger partial charge in [-0.25, -0.2) is 0 Å². The summed E-state index contributed by atoms with van der Waals surface area (Å²) in [6, 6.07) is 22.9. The van der Waals surface area contributed by atoms with Crippen LogP contribution >= 0.6 is 0 Å². The minimum Gasteiger partial charge on any atom is -0.394 e. The molecule has 10 heteroatoms. The Labute approximate surface area is 282 Å². The Kier molecular flexibility index (Phi) is 8.54. The lowest BCUT2D eigenvalue weighted by Crippen LogP contribution is -2.48. The van der Waals surface area contributed by atoms with Gasteiger partial charge < -0.3 is 28.7 Å². The smallest absolute Gasteiger partial charge is 0.264 e. The summed E-state index contributed by atoms with van der Waals surface area (Å²) in [7, 11) is -3.53. The summed E-state index contributed by atoms with van der Waals surface area (Å²) < 4.78 is 23.5. The first-order valence-corrected chi connectivity index (χ1v) is 20.1. The van der Waals surface area contributed by atoms with E-state index >= 15 is 4.11 Å². The zero-order chi connectivity index (χ0) is 33.8. The van der Waals surface area contributed by atoms with Gasteiger partial charge in [0.05, 0.1) is 37.4 Å². The lowest BCUT2D eigenvalue weighted by Gasteiger charge is -2.37. The number of aliphatic hydroxyl groups excluding tert-OH is 1. The van der Waals surface area contributed by atoms with E-state index in [1.165, 1.54) is 0 Å². The van der Waals surface area contributed by atoms with Crippen LogP contribution < -0.4 is 9.80 Å². The highest BCUT2D eigenvalue weighted by atomic mass is 28.4. The lowest BCUT2D eigenvalue weighted by atomic mass is 9.82. The molecule has 0 bridgehead atoms. The fraction of sp³-hybridized carbons (Fsp3) is 0.447. The first kappa shape index (κ1) is 32.7. The van der Waals surface area contributed by atoms with Gasteiger partial charge in [-0.15, -0.1) is 0 Å². The third kappa shape index (κ3) is 5.47. The van der Waals surface area contributed by atoms with Gasteiger partial charge in [-0.1, -0.05) is 61.5 Å². The number of hydrogen-bond donors (Lipinski definition) is 1. The van der Waals surface area contributed by atoms with E-state index in [-0.39, 0.29) is 30.7 Å². The van der Waals surface area contributed by atoms with Crippen molar-refractivity contribution >= 4 is 37.5 Å². The summed E-state index contributed by atoms with van der Waals surface area (Å²) in [6.45, 7) is 6.23. The summed E-state index contributed by atoms with van der Waals surface area (Å²) in [5.74, 6) is -1.02. The van der Waals surface area contributed by atoms with E-state index in [1.54, 1.807) is 27.8 Å². The third-order valence-corrected chi connectivity index (χ3v) is 13.5. The van der Waals surface area contributed by atoms with Crippen LogP contribution in [0.3, 0.4) is 0 Å². The van der Waals surface area contributed by atoms with Gasteiger partial charge in [-0.3, -0.25) is 14.4 Å². The number of aliphatic hydroxyl groups is 1. The van der Waals surface area contributed by atoms with E-state index < -0.39 is 37.6 Å². The molecular weight excluding hydrogens is 626 g/mol. The number of hydrogen-bond acceptors (Lipinski definition) is 5. The highest BCUT2D eigenvalue weighted by Gasteiger charge is 2.67. The molecule has 48 heavy (non-hydrogen) atoms. The standard InChI is InChI=1S/C38H44FN3O5Si/c1-25-36(48(2,3)39)33(21-35(45)41-23-28-14-8-7-13-27(28)19-30(41)24-43)47-38(25)31-20-29(40-18-10-9-15-34(40)44)16-17-32(31)42(37(38)46)22-26-11-5-4-6-12-26/h4-8,11-14,16-17,20,25,30,33,36,43H,9-10,15,18-19,21-24H2,1-3H3/t25-,30-,33+,36-,38+/m0/s1. The molecule has 4 aliphatic rings. The van der Waals surface area contributed by atoms with E-state index in [9.17, 15) is 19.5 Å². The van der Waals surface area contributed by atoms with Crippen LogP contribution in [0.2, 0.25) is 18.6 Å². The first-order valence-electron chi connectivity index (χ1n) is 17.2. The SMILES string of the molecule is C[C@H]1[C@H]([Si](C)(C)F)[C@@H](CC(=O)N2Cc3ccccc3C[C@H]2CO)O[C@]12C(=O)N(Cc1ccccc1)c1ccc(N3CCCCC3=O)cc12. The van der Waals surface area contributed by atoms with Gasteiger partial charge in [0.15, 0.2) is 5.60 Å². The highest BCUT2D eigenvalue weighted by Crippen LogP contribution is 2.61. The van der Waals surface area contributed by atoms with Crippen LogP contribution in [0.15, 0.2) is 72.8 Å². The van der Waals surface area contributed by atoms with E-state index in [4.69, 9.17) is 4.74 Å². The van der Waals surface area contributed by atoms with Crippen molar-refractivity contribution in [3.63, 3.8) is 0 Å². The molecule has 3 aromatic rings. The minimum absolute atomic E-state index is 0.0429. The molecular formula is C38H44FN3O5Si. The monoisotopic (exact) mass is 669 g/mol. The van der Waals surface area contributed by atoms with Crippen molar-refractivity contribution in [2.24, 2.45) is 5.92 Å². The Bertz CT molecular complexity index is 1730. The fourth-order valence-electron chi connectivity index (χ4n) is 8.74. The molecule has 252 valence electrons. The molecule has 7 rings (SSSR count). The Morgan fingerprint density at radius 1 is 1.02 bits per heavy atom. The number of ether oxygens (including phenoxy) is 1. The Morgan fingerprint density at radius 3 is 2.46 bits per heavy atom. The van der Waals surface area contributed by atoms with Crippen LogP contribution in [0.25, 0.3) is 0 Å². The molecule has 5 atom stereocenters. The van der Waals surface area contributed by atoms with Crippen molar-refractivity contribution in [3.05, 3.63) is 95.1 Å². The first-order chi connectivity index (χ1) is 23.0. The second kappa shape index (κ2) is 12.5. The van der Waals surface area contributed by atoms with Gasteiger partial charge in [0, 0.05) is 42.2 Å². The quantitative estimate of drug-likeness (QED) is 0.252. The van der Waals surface area contributed by atoms with E-state index in [1.807, 2.05) is 79.7 Å². The molecule has 2 saturated heterocycles. The van der Waals surface area contributed by atoms with Crippen molar-refractivity contribution in [1.82, 2.24) is 4.90 Å². The second-order valence-corrected chi connectivity index (χ2v) is 18.2. The number of rotatable bonds is 7. The van der Waals surface area contributed by atoms with Crippen LogP contribution in [0, 0.1) is 5.92 Å². The Hall–Kier alpha value is -3.86. The molecule has 0 aromatic heterocycles. The van der Waals surface area contributed by atoms with Crippen LogP contribution in [0.1, 0.15) is 54.9 Å². The Morgan fingerprint density at radius 2 is 1.75 bits per heavy atom. The molecule has 2 fully saturated rings. The largest absolute Gasteiger partial charge is 0.394 e. The average Bonchev–Trinajstić information content (AvgIpc) is 3.50. The highest BCUT2D eigenvalue weighted by molar-refractivity contribution is 6.72. The van der Waals surface area contributed by atoms with Gasteiger partial charge in [0.1, 0.15) is 0 Å². The van der Waals surface area contributed by atoms with E-state index in [0.717, 1.165) is 29.5 Å². The molecule has 3 amide bonds. The van der Waals surface area contributed by atoms with E-state index in [0.29, 0.717) is 49.4 Å². The van der Waals surface area contributed by atoms with Crippen molar-refractivity contribution in [1.29, 1.82) is 0 Å². The molecule has 1 N–H and O–H groups in total. The number of carbonyl (C=O) groups is 3. The number of piperidine rings is 1. The number of halogens is 1. The number of carbonyl (C=O) groups excluding carboxylic acids is 3. The van der Waals surface area contributed by atoms with Crippen molar-refractivity contribution in [3.8, 4) is 0 Å². The summed E-state index contributed by atoms with van der Waals surface area (Å²) in [4.78, 5) is 47.2. The number of fused-ring (bicyclic) bond motifs is 3. The minimum atomic E-state index is -3.53. The third-order valence-electron chi connectivity index (χ3n) is 11.0. The van der Waals surface area contributed by atoms with E-state index in [2.05, 4.69) is 0 Å². The average molecular weight is 670 g/mol. The van der Waals surface area contributed by atoms with Crippen molar-refractivity contribution in [2.45, 2.75) is 88.5 Å². The van der Waals surface area contributed by atoms with Gasteiger partial charge in [-0.2, -0.15) is 0 Å². The summed E-state index contributed by atoms with van der Waals surface area (Å²) in [5.41, 5.74) is 2.92. The predicted molar refractivity (Wildman–Crippen MR) is 185 cm³/mol. The molecule has 4 aliphatic heterocycles. The van der Waals surface area contributed by atoms with Gasteiger partial charge in [-0.05, 0) is 67.2 Å². The van der Waals surface area contributed by atoms with Gasteiger partial charge in [0.2, 0.25) is 20.2 Å². The molecule has 0 aliphatic carbocycles. The zero-order valence-corrected chi connectivity index (χ0v) is 28.9. The summed E-state index contributed by atoms with van der Waals surface area (Å²) in [5, 5.41) is 10.3. The topological polar surface area (TPSA) is 90.4 Å². The van der Waals surface area contributed by atoms with Crippen LogP contribution in [-0.4, -0.2) is 61.4 Å². The summed E-state index contributed by atoms with van der Waals surface area (Å²) >= 11 is 0. The molecule has 4 heterocycles. The Balaban J connectivity index is 1.28. The summed E-state index contributed by atoms with van der Waals surface area (Å²) in [6.07, 6.45) is 1.81. The van der Waals surface area contributed by atoms with Crippen molar-refractivity contribution < 1.29 is 28.3 Å². The maximum Gasteiger partial charge on any atom is 0.264 e. The second-order valence-electron chi connectivity index (χ2n) is 14.4. The van der Waals surface area contributed by atoms with Gasteiger partial charge >= 0.3 is 0 Å². The van der Waals surface area contributed by atoms with Crippen molar-refractivity contribution in [2.75, 3.05) is 23.0 Å². The van der Waals surface area contributed by atoms with Gasteiger partial charge in [0.25, 0.3) is 5.91 Å². The number of nitrogens with zero attached hydrogens (tertiary/aromatic N) is 3. The lowest BCUT2D eigenvalue weighted by molar-refractivity contribution is -0.151. The zero-order valence-electron chi connectivity index (χ0n) is 27.9. The molecule has 0 saturated carbocycles. The molecule has 0 radical (unpaired) electrons. The normalized spacial score (nSPS) is 27.1. The molecule has 3 aromatic carbocycles. The predicted octanol–water partition coefficient (Wildman–Crippen LogP) is 5.86. The number of anilines is 2. The molecule has 8 nitrogen and oxygen atoms in total. The van der Waals surface area contributed by atoms with Crippen LogP contribution in [0.4, 0.5) is 15.5 Å². The van der Waals surface area contributed by atoms with Crippen LogP contribution in [0.5, 0.6) is 0 Å².